The van der Waals surface area contributed by atoms with Gasteiger partial charge in [0.05, 0.1) is 18.2 Å². The average Bonchev–Trinajstić information content (AvgIpc) is 2.79. The van der Waals surface area contributed by atoms with Crippen LogP contribution >= 0.6 is 22.6 Å². The predicted molar refractivity (Wildman–Crippen MR) is 132 cm³/mol. The van der Waals surface area contributed by atoms with Crippen molar-refractivity contribution < 1.29 is 23.8 Å². The molecule has 1 heterocycles. The van der Waals surface area contributed by atoms with Crippen LogP contribution in [0.1, 0.15) is 24.8 Å². The van der Waals surface area contributed by atoms with Crippen molar-refractivity contribution in [2.45, 2.75) is 19.3 Å². The molecule has 1 fully saturated rings. The van der Waals surface area contributed by atoms with E-state index in [1.165, 1.54) is 19.1 Å². The van der Waals surface area contributed by atoms with Gasteiger partial charge >= 0.3 is 5.97 Å². The van der Waals surface area contributed by atoms with Crippen molar-refractivity contribution in [3.05, 3.63) is 81.7 Å². The predicted octanol–water partition coefficient (Wildman–Crippen LogP) is 5.50. The number of rotatable bonds is 7. The molecule has 4 rings (SSSR count). The van der Waals surface area contributed by atoms with Crippen LogP contribution in [0.15, 0.2) is 66.7 Å². The third-order valence-electron chi connectivity index (χ3n) is 5.91. The van der Waals surface area contributed by atoms with Gasteiger partial charge in [-0.15, -0.1) is 0 Å². The lowest BCUT2D eigenvalue weighted by Crippen LogP contribution is -2.55. The summed E-state index contributed by atoms with van der Waals surface area (Å²) in [6.45, 7) is 2.06. The number of nitrogens with zero attached hydrogens (tertiary/aromatic N) is 1. The van der Waals surface area contributed by atoms with E-state index in [2.05, 4.69) is 22.6 Å². The molecule has 0 saturated carbocycles. The Kier molecular flexibility index (Phi) is 6.97. The maximum Gasteiger partial charge on any atom is 0.302 e. The molecular weight excluding hydrogens is 536 g/mol. The number of phenols is 1. The Morgan fingerprint density at radius 2 is 1.85 bits per heavy atom. The third kappa shape index (κ3) is 5.19. The molecule has 0 aliphatic carbocycles. The van der Waals surface area contributed by atoms with E-state index in [9.17, 15) is 19.1 Å². The molecule has 3 aromatic rings. The summed E-state index contributed by atoms with van der Waals surface area (Å²) in [6.07, 6.45) is 0.479. The van der Waals surface area contributed by atoms with Crippen molar-refractivity contribution in [3.8, 4) is 16.9 Å². The Balaban J connectivity index is 1.60. The fraction of sp³-hybridized carbons (Fsp3) is 0.231. The lowest BCUT2D eigenvalue weighted by molar-refractivity contribution is -0.141. The standard InChI is InChI=1S/C26H23FINO4/c1-16(30)33-13-12-22(17-2-6-19(27)7-3-17)24-15-29(26(24)32)25-11-8-20(28)14-23(25)18-4-9-21(31)10-5-18/h2-11,14,22,24,31H,12-13,15H2,1H3. The molecule has 0 bridgehead atoms. The first kappa shape index (κ1) is 23.2. The number of halogens is 2. The molecule has 0 aromatic heterocycles. The highest BCUT2D eigenvalue weighted by atomic mass is 127. The van der Waals surface area contributed by atoms with E-state index in [0.717, 1.165) is 25.9 Å². The molecule has 1 amide bonds. The monoisotopic (exact) mass is 559 g/mol. The first-order chi connectivity index (χ1) is 15.8. The summed E-state index contributed by atoms with van der Waals surface area (Å²) in [5, 5.41) is 9.64. The van der Waals surface area contributed by atoms with Crippen molar-refractivity contribution in [2.24, 2.45) is 5.92 Å². The van der Waals surface area contributed by atoms with E-state index in [1.54, 1.807) is 29.2 Å². The summed E-state index contributed by atoms with van der Waals surface area (Å²) in [6, 6.07) is 19.0. The number of β-lactam (4-membered cyclic amide) rings is 1. The molecule has 1 saturated heterocycles. The molecule has 1 N–H and O–H groups in total. The van der Waals surface area contributed by atoms with Gasteiger partial charge < -0.3 is 14.7 Å². The second-order valence-electron chi connectivity index (χ2n) is 8.05. The number of phenolic OH excluding ortho intramolecular Hbond substituents is 1. The maximum atomic E-state index is 13.5. The molecule has 5 nitrogen and oxygen atoms in total. The molecule has 0 radical (unpaired) electrons. The summed E-state index contributed by atoms with van der Waals surface area (Å²) in [7, 11) is 0. The summed E-state index contributed by atoms with van der Waals surface area (Å²) in [5.41, 5.74) is 3.47. The molecule has 1 aliphatic heterocycles. The number of amides is 1. The van der Waals surface area contributed by atoms with E-state index in [0.29, 0.717) is 13.0 Å². The van der Waals surface area contributed by atoms with E-state index in [-0.39, 0.29) is 41.9 Å². The molecule has 2 atom stereocenters. The van der Waals surface area contributed by atoms with Crippen LogP contribution < -0.4 is 4.90 Å². The first-order valence-electron chi connectivity index (χ1n) is 10.6. The van der Waals surface area contributed by atoms with Crippen molar-refractivity contribution in [1.29, 1.82) is 0 Å². The SMILES string of the molecule is CC(=O)OCCC(c1ccc(F)cc1)C1CN(c2ccc(I)cc2-c2ccc(O)cc2)C1=O. The minimum absolute atomic E-state index is 0.0200. The second kappa shape index (κ2) is 9.91. The molecule has 33 heavy (non-hydrogen) atoms. The van der Waals surface area contributed by atoms with E-state index in [4.69, 9.17) is 4.74 Å². The van der Waals surface area contributed by atoms with Crippen LogP contribution in [-0.2, 0) is 14.3 Å². The van der Waals surface area contributed by atoms with Gasteiger partial charge in [0.15, 0.2) is 0 Å². The smallest absolute Gasteiger partial charge is 0.302 e. The Bertz CT molecular complexity index is 1160. The number of benzene rings is 3. The van der Waals surface area contributed by atoms with Crippen LogP contribution in [0.3, 0.4) is 0 Å². The number of anilines is 1. The fourth-order valence-corrected chi connectivity index (χ4v) is 4.72. The van der Waals surface area contributed by atoms with Crippen molar-refractivity contribution in [1.82, 2.24) is 0 Å². The van der Waals surface area contributed by atoms with Crippen LogP contribution in [0.4, 0.5) is 10.1 Å². The van der Waals surface area contributed by atoms with Crippen molar-refractivity contribution >= 4 is 40.2 Å². The molecule has 0 spiro atoms. The lowest BCUT2D eigenvalue weighted by atomic mass is 9.78. The largest absolute Gasteiger partial charge is 0.508 e. The summed E-state index contributed by atoms with van der Waals surface area (Å²) in [5.74, 6) is -1.02. The number of esters is 1. The number of aromatic hydroxyl groups is 1. The van der Waals surface area contributed by atoms with Crippen LogP contribution in [0, 0.1) is 15.3 Å². The van der Waals surface area contributed by atoms with Gasteiger partial charge in [0, 0.05) is 28.5 Å². The number of carbonyl (C=O) groups excluding carboxylic acids is 2. The number of hydrogen-bond acceptors (Lipinski definition) is 4. The summed E-state index contributed by atoms with van der Waals surface area (Å²) in [4.78, 5) is 26.3. The molecule has 1 aliphatic rings. The highest BCUT2D eigenvalue weighted by Crippen LogP contribution is 2.42. The Hall–Kier alpha value is -2.94. The zero-order valence-corrected chi connectivity index (χ0v) is 20.2. The van der Waals surface area contributed by atoms with Gasteiger partial charge in [0.1, 0.15) is 11.6 Å². The average molecular weight is 559 g/mol. The highest BCUT2D eigenvalue weighted by Gasteiger charge is 2.43. The van der Waals surface area contributed by atoms with Crippen molar-refractivity contribution in [3.63, 3.8) is 0 Å². The lowest BCUT2D eigenvalue weighted by Gasteiger charge is -2.43. The molecule has 3 aromatic carbocycles. The maximum absolute atomic E-state index is 13.5. The van der Waals surface area contributed by atoms with Gasteiger partial charge in [-0.3, -0.25) is 9.59 Å². The molecular formula is C26H23FINO4. The molecule has 170 valence electrons. The van der Waals surface area contributed by atoms with Crippen LogP contribution in [0.2, 0.25) is 0 Å². The number of carbonyl (C=O) groups is 2. The molecule has 7 heteroatoms. The van der Waals surface area contributed by atoms with Gasteiger partial charge in [-0.1, -0.05) is 24.3 Å². The third-order valence-corrected chi connectivity index (χ3v) is 6.58. The normalized spacial score (nSPS) is 16.3. The summed E-state index contributed by atoms with van der Waals surface area (Å²) < 4.78 is 19.6. The summed E-state index contributed by atoms with van der Waals surface area (Å²) >= 11 is 2.23. The first-order valence-corrected chi connectivity index (χ1v) is 11.7. The quantitative estimate of drug-likeness (QED) is 0.236. The van der Waals surface area contributed by atoms with E-state index >= 15 is 0 Å². The topological polar surface area (TPSA) is 66.8 Å². The van der Waals surface area contributed by atoms with Gasteiger partial charge in [0.2, 0.25) is 5.91 Å². The Morgan fingerprint density at radius 3 is 2.48 bits per heavy atom. The zero-order chi connectivity index (χ0) is 23.5. The van der Waals surface area contributed by atoms with Crippen LogP contribution in [-0.4, -0.2) is 30.1 Å². The minimum atomic E-state index is -0.369. The van der Waals surface area contributed by atoms with Gasteiger partial charge in [-0.2, -0.15) is 0 Å². The van der Waals surface area contributed by atoms with E-state index < -0.39 is 0 Å². The zero-order valence-electron chi connectivity index (χ0n) is 18.0. The molecule has 2 unspecified atom stereocenters. The van der Waals surface area contributed by atoms with Crippen molar-refractivity contribution in [2.75, 3.05) is 18.1 Å². The number of hydrogen-bond donors (Lipinski definition) is 1. The van der Waals surface area contributed by atoms with Gasteiger partial charge in [-0.25, -0.2) is 4.39 Å². The van der Waals surface area contributed by atoms with Crippen LogP contribution in [0.5, 0.6) is 5.75 Å². The van der Waals surface area contributed by atoms with Crippen LogP contribution in [0.25, 0.3) is 11.1 Å². The van der Waals surface area contributed by atoms with Gasteiger partial charge in [0.25, 0.3) is 0 Å². The Labute approximate surface area is 205 Å². The minimum Gasteiger partial charge on any atom is -0.508 e. The fourth-order valence-electron chi connectivity index (χ4n) is 4.22. The second-order valence-corrected chi connectivity index (χ2v) is 9.30. The van der Waals surface area contributed by atoms with E-state index in [1.807, 2.05) is 30.3 Å². The Morgan fingerprint density at radius 1 is 1.15 bits per heavy atom. The highest BCUT2D eigenvalue weighted by molar-refractivity contribution is 14.1. The number of ether oxygens (including phenoxy) is 1. The van der Waals surface area contributed by atoms with Gasteiger partial charge in [-0.05, 0) is 82.6 Å².